The predicted molar refractivity (Wildman–Crippen MR) is 67.7 cm³/mol. The second kappa shape index (κ2) is 4.99. The molecule has 0 saturated heterocycles. The highest BCUT2D eigenvalue weighted by Gasteiger charge is 2.05. The topological polar surface area (TPSA) is 35.2 Å². The van der Waals surface area contributed by atoms with E-state index in [4.69, 9.17) is 10.5 Å². The molecule has 0 saturated carbocycles. The molecule has 0 aliphatic carbocycles. The first-order valence-electron chi connectivity index (χ1n) is 5.69. The smallest absolute Gasteiger partial charge is 0.120 e. The van der Waals surface area contributed by atoms with Crippen molar-refractivity contribution in [3.8, 4) is 5.75 Å². The van der Waals surface area contributed by atoms with Crippen LogP contribution in [0.1, 0.15) is 13.3 Å². The van der Waals surface area contributed by atoms with E-state index in [2.05, 4.69) is 31.2 Å². The summed E-state index contributed by atoms with van der Waals surface area (Å²) in [7, 11) is 0. The van der Waals surface area contributed by atoms with Gasteiger partial charge in [0.2, 0.25) is 0 Å². The molecular formula is C14H17NO. The Bertz CT molecular complexity index is 463. The van der Waals surface area contributed by atoms with E-state index >= 15 is 0 Å². The van der Waals surface area contributed by atoms with Crippen molar-refractivity contribution in [2.24, 2.45) is 5.73 Å². The molecule has 0 fully saturated rings. The summed E-state index contributed by atoms with van der Waals surface area (Å²) in [5.74, 6) is 0.899. The summed E-state index contributed by atoms with van der Waals surface area (Å²) in [5.41, 5.74) is 5.62. The molecule has 0 bridgehead atoms. The van der Waals surface area contributed by atoms with Gasteiger partial charge in [-0.3, -0.25) is 0 Å². The fourth-order valence-electron chi connectivity index (χ4n) is 1.73. The average molecular weight is 215 g/mol. The Balaban J connectivity index is 2.25. The van der Waals surface area contributed by atoms with Gasteiger partial charge in [0.1, 0.15) is 11.9 Å². The normalized spacial score (nSPS) is 12.6. The van der Waals surface area contributed by atoms with Crippen LogP contribution in [-0.2, 0) is 0 Å². The van der Waals surface area contributed by atoms with Crippen LogP contribution in [0.5, 0.6) is 5.75 Å². The highest BCUT2D eigenvalue weighted by Crippen LogP contribution is 2.21. The lowest BCUT2D eigenvalue weighted by Crippen LogP contribution is -2.25. The van der Waals surface area contributed by atoms with Crippen LogP contribution in [0.15, 0.2) is 42.5 Å². The average Bonchev–Trinajstić information content (AvgIpc) is 2.35. The first kappa shape index (κ1) is 11.0. The number of hydrogen-bond acceptors (Lipinski definition) is 2. The van der Waals surface area contributed by atoms with Gasteiger partial charge in [-0.25, -0.2) is 0 Å². The number of fused-ring (bicyclic) bond motifs is 1. The molecule has 0 amide bonds. The molecule has 0 spiro atoms. The molecule has 0 aliphatic heterocycles. The minimum Gasteiger partial charge on any atom is -0.489 e. The summed E-state index contributed by atoms with van der Waals surface area (Å²) in [6.45, 7) is 2.64. The number of ether oxygens (including phenoxy) is 1. The zero-order valence-corrected chi connectivity index (χ0v) is 9.52. The van der Waals surface area contributed by atoms with Crippen molar-refractivity contribution in [2.75, 3.05) is 6.54 Å². The number of hydrogen-bond donors (Lipinski definition) is 1. The van der Waals surface area contributed by atoms with E-state index in [-0.39, 0.29) is 6.10 Å². The van der Waals surface area contributed by atoms with E-state index in [1.165, 1.54) is 10.8 Å². The van der Waals surface area contributed by atoms with Gasteiger partial charge >= 0.3 is 0 Å². The van der Waals surface area contributed by atoms with Gasteiger partial charge in [0.15, 0.2) is 0 Å². The van der Waals surface area contributed by atoms with Crippen molar-refractivity contribution in [1.29, 1.82) is 0 Å². The number of benzene rings is 2. The van der Waals surface area contributed by atoms with Gasteiger partial charge in [-0.15, -0.1) is 0 Å². The van der Waals surface area contributed by atoms with E-state index in [9.17, 15) is 0 Å². The van der Waals surface area contributed by atoms with E-state index in [0.717, 1.165) is 12.2 Å². The Kier molecular flexibility index (Phi) is 3.42. The maximum Gasteiger partial charge on any atom is 0.120 e. The van der Waals surface area contributed by atoms with E-state index in [0.29, 0.717) is 6.54 Å². The van der Waals surface area contributed by atoms with E-state index < -0.39 is 0 Å². The summed E-state index contributed by atoms with van der Waals surface area (Å²) in [4.78, 5) is 0. The Hall–Kier alpha value is -1.54. The number of rotatable bonds is 4. The number of nitrogens with two attached hydrogens (primary N) is 1. The monoisotopic (exact) mass is 215 g/mol. The third-order valence-corrected chi connectivity index (χ3v) is 2.74. The molecule has 2 N–H and O–H groups in total. The molecule has 1 unspecified atom stereocenters. The van der Waals surface area contributed by atoms with Crippen molar-refractivity contribution in [3.63, 3.8) is 0 Å². The molecule has 2 aromatic rings. The molecule has 0 heterocycles. The highest BCUT2D eigenvalue weighted by molar-refractivity contribution is 5.83. The molecule has 16 heavy (non-hydrogen) atoms. The van der Waals surface area contributed by atoms with Crippen LogP contribution in [0.25, 0.3) is 10.8 Å². The maximum atomic E-state index is 5.80. The lowest BCUT2D eigenvalue weighted by Gasteiger charge is -2.15. The largest absolute Gasteiger partial charge is 0.489 e. The molecule has 2 rings (SSSR count). The highest BCUT2D eigenvalue weighted by atomic mass is 16.5. The Morgan fingerprint density at radius 1 is 1.12 bits per heavy atom. The molecular weight excluding hydrogens is 198 g/mol. The minimum absolute atomic E-state index is 0.112. The molecule has 2 heteroatoms. The Morgan fingerprint density at radius 3 is 2.56 bits per heavy atom. The van der Waals surface area contributed by atoms with Crippen molar-refractivity contribution >= 4 is 10.8 Å². The summed E-state index contributed by atoms with van der Waals surface area (Å²) in [6, 6.07) is 14.4. The van der Waals surface area contributed by atoms with Crippen molar-refractivity contribution < 1.29 is 4.74 Å². The van der Waals surface area contributed by atoms with Gasteiger partial charge in [0.25, 0.3) is 0 Å². The minimum atomic E-state index is 0.112. The van der Waals surface area contributed by atoms with Crippen LogP contribution < -0.4 is 10.5 Å². The van der Waals surface area contributed by atoms with Gasteiger partial charge in [0.05, 0.1) is 0 Å². The maximum absolute atomic E-state index is 5.80. The van der Waals surface area contributed by atoms with Gasteiger partial charge in [-0.05, 0) is 29.3 Å². The molecule has 0 aromatic heterocycles. The van der Waals surface area contributed by atoms with Gasteiger partial charge in [-0.2, -0.15) is 0 Å². The van der Waals surface area contributed by atoms with Gasteiger partial charge in [0, 0.05) is 6.54 Å². The van der Waals surface area contributed by atoms with E-state index in [1.807, 2.05) is 18.2 Å². The molecule has 2 nitrogen and oxygen atoms in total. The lowest BCUT2D eigenvalue weighted by atomic mass is 10.1. The lowest BCUT2D eigenvalue weighted by molar-refractivity contribution is 0.205. The first-order chi connectivity index (χ1) is 7.83. The molecule has 84 valence electrons. The Morgan fingerprint density at radius 2 is 1.88 bits per heavy atom. The van der Waals surface area contributed by atoms with Gasteiger partial charge in [-0.1, -0.05) is 37.3 Å². The van der Waals surface area contributed by atoms with E-state index in [1.54, 1.807) is 0 Å². The predicted octanol–water partition coefficient (Wildman–Crippen LogP) is 2.96. The van der Waals surface area contributed by atoms with Crippen molar-refractivity contribution in [2.45, 2.75) is 19.4 Å². The SMILES string of the molecule is CCC(CN)Oc1ccc2ccccc2c1. The zero-order valence-electron chi connectivity index (χ0n) is 9.52. The van der Waals surface area contributed by atoms with Crippen LogP contribution >= 0.6 is 0 Å². The molecule has 0 aliphatic rings. The quantitative estimate of drug-likeness (QED) is 0.851. The van der Waals surface area contributed by atoms with Crippen LogP contribution in [0.3, 0.4) is 0 Å². The van der Waals surface area contributed by atoms with Gasteiger partial charge < -0.3 is 10.5 Å². The molecule has 0 radical (unpaired) electrons. The summed E-state index contributed by atoms with van der Waals surface area (Å²) in [6.07, 6.45) is 1.05. The summed E-state index contributed by atoms with van der Waals surface area (Å²) < 4.78 is 5.80. The second-order valence-electron chi connectivity index (χ2n) is 3.89. The standard InChI is InChI=1S/C14H17NO/c1-2-13(10-15)16-14-8-7-11-5-3-4-6-12(11)9-14/h3-9,13H,2,10,15H2,1H3. The van der Waals surface area contributed by atoms with Crippen molar-refractivity contribution in [3.05, 3.63) is 42.5 Å². The van der Waals surface area contributed by atoms with Crippen LogP contribution in [0, 0.1) is 0 Å². The first-order valence-corrected chi connectivity index (χ1v) is 5.69. The second-order valence-corrected chi connectivity index (χ2v) is 3.89. The summed E-state index contributed by atoms with van der Waals surface area (Å²) >= 11 is 0. The van der Waals surface area contributed by atoms with Crippen LogP contribution in [-0.4, -0.2) is 12.6 Å². The van der Waals surface area contributed by atoms with Crippen LogP contribution in [0.2, 0.25) is 0 Å². The summed E-state index contributed by atoms with van der Waals surface area (Å²) in [5, 5.41) is 2.43. The molecule has 2 aromatic carbocycles. The fraction of sp³-hybridized carbons (Fsp3) is 0.286. The fourth-order valence-corrected chi connectivity index (χ4v) is 1.73. The molecule has 1 atom stereocenters. The third kappa shape index (κ3) is 2.34. The van der Waals surface area contributed by atoms with Crippen molar-refractivity contribution in [1.82, 2.24) is 0 Å². The Labute approximate surface area is 96.0 Å². The third-order valence-electron chi connectivity index (χ3n) is 2.74. The van der Waals surface area contributed by atoms with Crippen LogP contribution in [0.4, 0.5) is 0 Å². The zero-order chi connectivity index (χ0) is 11.4.